The summed E-state index contributed by atoms with van der Waals surface area (Å²) in [7, 11) is 0. The molecule has 3 aromatic rings. The normalized spacial score (nSPS) is 10.8. The number of thioether (sulfide) groups is 1. The highest BCUT2D eigenvalue weighted by molar-refractivity contribution is 7.99. The maximum atomic E-state index is 11.9. The summed E-state index contributed by atoms with van der Waals surface area (Å²) in [4.78, 5) is 19.5. The van der Waals surface area contributed by atoms with E-state index in [2.05, 4.69) is 27.4 Å². The second-order valence-corrected chi connectivity index (χ2v) is 6.25. The van der Waals surface area contributed by atoms with Crippen molar-refractivity contribution in [3.8, 4) is 0 Å². The van der Waals surface area contributed by atoms with Crippen LogP contribution < -0.4 is 5.32 Å². The van der Waals surface area contributed by atoms with Crippen LogP contribution in [0.4, 0.5) is 0 Å². The first-order valence-electron chi connectivity index (χ1n) is 7.69. The topological polar surface area (TPSA) is 57.8 Å². The molecule has 23 heavy (non-hydrogen) atoms. The average molecular weight is 325 g/mol. The quantitative estimate of drug-likeness (QED) is 0.517. The van der Waals surface area contributed by atoms with Gasteiger partial charge in [0, 0.05) is 6.54 Å². The van der Waals surface area contributed by atoms with Gasteiger partial charge in [0.25, 0.3) is 0 Å². The standard InChI is InChI=1S/C18H19N3OS/c22-17(19-12-6-9-14-7-2-1-3-8-14)13-23-18-20-15-10-4-5-11-16(15)21-18/h1-5,7-8,10-11H,6,9,12-13H2,(H,19,22)(H,20,21). The predicted octanol–water partition coefficient (Wildman–Crippen LogP) is 3.40. The number of hydrogen-bond donors (Lipinski definition) is 2. The second kappa shape index (κ2) is 7.83. The van der Waals surface area contributed by atoms with Crippen LogP contribution in [0.3, 0.4) is 0 Å². The van der Waals surface area contributed by atoms with Gasteiger partial charge in [-0.3, -0.25) is 4.79 Å². The van der Waals surface area contributed by atoms with E-state index >= 15 is 0 Å². The highest BCUT2D eigenvalue weighted by Crippen LogP contribution is 2.18. The molecule has 2 aromatic carbocycles. The summed E-state index contributed by atoms with van der Waals surface area (Å²) >= 11 is 1.43. The van der Waals surface area contributed by atoms with Crippen LogP contribution in [-0.2, 0) is 11.2 Å². The van der Waals surface area contributed by atoms with E-state index in [4.69, 9.17) is 0 Å². The molecule has 0 aliphatic heterocycles. The van der Waals surface area contributed by atoms with Gasteiger partial charge in [-0.05, 0) is 30.5 Å². The molecular weight excluding hydrogens is 306 g/mol. The first kappa shape index (κ1) is 15.6. The maximum Gasteiger partial charge on any atom is 0.230 e. The van der Waals surface area contributed by atoms with Gasteiger partial charge >= 0.3 is 0 Å². The molecule has 5 heteroatoms. The number of amides is 1. The number of hydrogen-bond acceptors (Lipinski definition) is 3. The molecule has 1 aromatic heterocycles. The lowest BCUT2D eigenvalue weighted by molar-refractivity contribution is -0.118. The van der Waals surface area contributed by atoms with Crippen molar-refractivity contribution in [2.75, 3.05) is 12.3 Å². The van der Waals surface area contributed by atoms with Gasteiger partial charge < -0.3 is 10.3 Å². The summed E-state index contributed by atoms with van der Waals surface area (Å²) in [6, 6.07) is 18.2. The summed E-state index contributed by atoms with van der Waals surface area (Å²) in [6.07, 6.45) is 1.93. The van der Waals surface area contributed by atoms with Crippen LogP contribution in [0.2, 0.25) is 0 Å². The first-order chi connectivity index (χ1) is 11.3. The molecule has 1 heterocycles. The van der Waals surface area contributed by atoms with E-state index in [9.17, 15) is 4.79 Å². The minimum absolute atomic E-state index is 0.0449. The number of para-hydroxylation sites is 2. The van der Waals surface area contributed by atoms with Gasteiger partial charge in [-0.15, -0.1) is 0 Å². The van der Waals surface area contributed by atoms with E-state index in [0.717, 1.165) is 29.0 Å². The van der Waals surface area contributed by atoms with Crippen molar-refractivity contribution >= 4 is 28.7 Å². The molecule has 0 bridgehead atoms. The SMILES string of the molecule is O=C(CSc1nc2ccccc2[nH]1)NCCCc1ccccc1. The number of imidazole rings is 1. The van der Waals surface area contributed by atoms with Gasteiger partial charge in [-0.2, -0.15) is 0 Å². The minimum Gasteiger partial charge on any atom is -0.355 e. The van der Waals surface area contributed by atoms with Gasteiger partial charge in [0.2, 0.25) is 5.91 Å². The molecule has 3 rings (SSSR count). The molecule has 0 atom stereocenters. The molecule has 0 spiro atoms. The number of fused-ring (bicyclic) bond motifs is 1. The zero-order valence-electron chi connectivity index (χ0n) is 12.8. The lowest BCUT2D eigenvalue weighted by atomic mass is 10.1. The van der Waals surface area contributed by atoms with Crippen LogP contribution in [0.25, 0.3) is 11.0 Å². The Hall–Kier alpha value is -2.27. The van der Waals surface area contributed by atoms with Gasteiger partial charge in [-0.1, -0.05) is 54.2 Å². The van der Waals surface area contributed by atoms with Crippen LogP contribution in [0, 0.1) is 0 Å². The van der Waals surface area contributed by atoms with Crippen LogP contribution in [-0.4, -0.2) is 28.2 Å². The van der Waals surface area contributed by atoms with E-state index in [0.29, 0.717) is 12.3 Å². The number of nitrogens with zero attached hydrogens (tertiary/aromatic N) is 1. The summed E-state index contributed by atoms with van der Waals surface area (Å²) in [5.74, 6) is 0.425. The molecule has 0 aliphatic carbocycles. The third-order valence-electron chi connectivity index (χ3n) is 3.51. The van der Waals surface area contributed by atoms with Crippen molar-refractivity contribution in [2.24, 2.45) is 0 Å². The molecule has 0 saturated heterocycles. The summed E-state index contributed by atoms with van der Waals surface area (Å²) in [5.41, 5.74) is 3.23. The number of carbonyl (C=O) groups is 1. The molecule has 2 N–H and O–H groups in total. The Balaban J connectivity index is 1.38. The number of aromatic amines is 1. The van der Waals surface area contributed by atoms with Crippen LogP contribution >= 0.6 is 11.8 Å². The summed E-state index contributed by atoms with van der Waals surface area (Å²) < 4.78 is 0. The average Bonchev–Trinajstić information content (AvgIpc) is 3.01. The van der Waals surface area contributed by atoms with Gasteiger partial charge in [0.05, 0.1) is 16.8 Å². The summed E-state index contributed by atoms with van der Waals surface area (Å²) in [5, 5.41) is 3.74. The Bertz CT molecular complexity index is 737. The first-order valence-corrected chi connectivity index (χ1v) is 8.68. The van der Waals surface area contributed by atoms with Crippen LogP contribution in [0.5, 0.6) is 0 Å². The molecule has 0 unspecified atom stereocenters. The third-order valence-corrected chi connectivity index (χ3v) is 4.39. The number of nitrogens with one attached hydrogen (secondary N) is 2. The number of aromatic nitrogens is 2. The number of rotatable bonds is 7. The summed E-state index contributed by atoms with van der Waals surface area (Å²) in [6.45, 7) is 0.703. The van der Waals surface area contributed by atoms with Crippen molar-refractivity contribution < 1.29 is 4.79 Å². The molecule has 4 nitrogen and oxygen atoms in total. The van der Waals surface area contributed by atoms with Crippen LogP contribution in [0.1, 0.15) is 12.0 Å². The molecule has 118 valence electrons. The largest absolute Gasteiger partial charge is 0.355 e. The lowest BCUT2D eigenvalue weighted by Gasteiger charge is -2.04. The van der Waals surface area contributed by atoms with Crippen molar-refractivity contribution in [1.82, 2.24) is 15.3 Å². The predicted molar refractivity (Wildman–Crippen MR) is 94.6 cm³/mol. The van der Waals surface area contributed by atoms with Gasteiger partial charge in [0.15, 0.2) is 5.16 Å². The smallest absolute Gasteiger partial charge is 0.230 e. The van der Waals surface area contributed by atoms with E-state index in [1.807, 2.05) is 42.5 Å². The molecular formula is C18H19N3OS. The Morgan fingerprint density at radius 3 is 2.70 bits per heavy atom. The second-order valence-electron chi connectivity index (χ2n) is 5.29. The van der Waals surface area contributed by atoms with E-state index in [-0.39, 0.29) is 5.91 Å². The molecule has 0 saturated carbocycles. The zero-order chi connectivity index (χ0) is 15.9. The maximum absolute atomic E-state index is 11.9. The van der Waals surface area contributed by atoms with Crippen molar-refractivity contribution in [1.29, 1.82) is 0 Å². The van der Waals surface area contributed by atoms with Crippen LogP contribution in [0.15, 0.2) is 59.8 Å². The van der Waals surface area contributed by atoms with Gasteiger partial charge in [0.1, 0.15) is 0 Å². The minimum atomic E-state index is 0.0449. The molecule has 1 amide bonds. The number of aryl methyl sites for hydroxylation is 1. The highest BCUT2D eigenvalue weighted by atomic mass is 32.2. The Kier molecular flexibility index (Phi) is 5.32. The monoisotopic (exact) mass is 325 g/mol. The van der Waals surface area contributed by atoms with E-state index in [1.165, 1.54) is 17.3 Å². The lowest BCUT2D eigenvalue weighted by Crippen LogP contribution is -2.26. The zero-order valence-corrected chi connectivity index (χ0v) is 13.6. The molecule has 0 aliphatic rings. The number of carbonyl (C=O) groups excluding carboxylic acids is 1. The van der Waals surface area contributed by atoms with Crippen molar-refractivity contribution in [3.63, 3.8) is 0 Å². The van der Waals surface area contributed by atoms with Crippen molar-refractivity contribution in [3.05, 3.63) is 60.2 Å². The Morgan fingerprint density at radius 1 is 1.09 bits per heavy atom. The fourth-order valence-corrected chi connectivity index (χ4v) is 3.06. The van der Waals surface area contributed by atoms with E-state index in [1.54, 1.807) is 0 Å². The number of benzene rings is 2. The van der Waals surface area contributed by atoms with E-state index < -0.39 is 0 Å². The Morgan fingerprint density at radius 2 is 1.87 bits per heavy atom. The highest BCUT2D eigenvalue weighted by Gasteiger charge is 2.06. The fourth-order valence-electron chi connectivity index (χ4n) is 2.35. The Labute approximate surface area is 139 Å². The fraction of sp³-hybridized carbons (Fsp3) is 0.222. The molecule has 0 fully saturated rings. The van der Waals surface area contributed by atoms with Gasteiger partial charge in [-0.25, -0.2) is 4.98 Å². The molecule has 0 radical (unpaired) electrons. The van der Waals surface area contributed by atoms with Crippen molar-refractivity contribution in [2.45, 2.75) is 18.0 Å². The number of H-pyrrole nitrogens is 1. The third kappa shape index (κ3) is 4.60.